The molecular formula is C18H19IN6O3. The van der Waals surface area contributed by atoms with E-state index >= 15 is 0 Å². The summed E-state index contributed by atoms with van der Waals surface area (Å²) in [5.74, 6) is 0.923. The topological polar surface area (TPSA) is 106 Å². The van der Waals surface area contributed by atoms with Crippen molar-refractivity contribution in [1.82, 2.24) is 25.3 Å². The van der Waals surface area contributed by atoms with E-state index in [1.54, 1.807) is 19.2 Å². The van der Waals surface area contributed by atoms with Crippen molar-refractivity contribution in [2.75, 3.05) is 10.2 Å². The van der Waals surface area contributed by atoms with Crippen molar-refractivity contribution in [2.24, 2.45) is 0 Å². The van der Waals surface area contributed by atoms with Crippen LogP contribution < -0.4 is 13.2 Å². The Balaban J connectivity index is 1.65. The van der Waals surface area contributed by atoms with Gasteiger partial charge in [0.05, 0.1) is 53.2 Å². The Morgan fingerprint density at radius 3 is 2.89 bits per heavy atom. The number of ether oxygens (including phenoxy) is 1. The molecule has 0 spiro atoms. The number of carbonyl (C=O) groups is 1. The maximum atomic E-state index is 13.0. The molecule has 0 unspecified atom stereocenters. The van der Waals surface area contributed by atoms with Crippen molar-refractivity contribution >= 4 is 45.7 Å². The number of amides is 1. The number of furan rings is 1. The summed E-state index contributed by atoms with van der Waals surface area (Å²) in [5, 5.41) is 3.51. The minimum Gasteiger partial charge on any atom is -0.467 e. The van der Waals surface area contributed by atoms with Gasteiger partial charge in [0.1, 0.15) is 12.1 Å². The van der Waals surface area contributed by atoms with Gasteiger partial charge >= 0.3 is 6.01 Å². The van der Waals surface area contributed by atoms with Crippen LogP contribution in [0.1, 0.15) is 41.6 Å². The number of rotatable bonds is 6. The van der Waals surface area contributed by atoms with Crippen LogP contribution in [0.5, 0.6) is 6.01 Å². The molecule has 28 heavy (non-hydrogen) atoms. The number of methoxy groups -OCH3 is 1. The molecule has 0 aliphatic heterocycles. The zero-order valence-electron chi connectivity index (χ0n) is 15.7. The zero-order chi connectivity index (χ0) is 19.9. The van der Waals surface area contributed by atoms with E-state index in [0.29, 0.717) is 33.9 Å². The monoisotopic (exact) mass is 494 g/mol. The zero-order valence-corrected chi connectivity index (χ0v) is 17.8. The number of anilines is 1. The molecule has 1 aliphatic carbocycles. The van der Waals surface area contributed by atoms with Gasteiger partial charge in [-0.2, -0.15) is 4.98 Å². The first kappa shape index (κ1) is 18.8. The normalized spacial score (nSPS) is 14.7. The molecule has 1 amide bonds. The van der Waals surface area contributed by atoms with E-state index in [1.807, 2.05) is 0 Å². The smallest absolute Gasteiger partial charge is 0.316 e. The van der Waals surface area contributed by atoms with E-state index in [0.717, 1.165) is 12.8 Å². The molecule has 0 aromatic carbocycles. The largest absolute Gasteiger partial charge is 0.467 e. The number of hydrogen-bond acceptors (Lipinski definition) is 8. The highest BCUT2D eigenvalue weighted by molar-refractivity contribution is 14.1. The molecule has 0 bridgehead atoms. The number of aromatic nitrogens is 4. The van der Waals surface area contributed by atoms with Crippen LogP contribution in [0, 0.1) is 6.92 Å². The van der Waals surface area contributed by atoms with Crippen LogP contribution in [-0.4, -0.2) is 38.5 Å². The van der Waals surface area contributed by atoms with Gasteiger partial charge in [-0.05, 0) is 32.8 Å². The molecular weight excluding hydrogens is 475 g/mol. The number of carbonyl (C=O) groups excluding carboxylic acids is 1. The summed E-state index contributed by atoms with van der Waals surface area (Å²) < 4.78 is 12.8. The van der Waals surface area contributed by atoms with E-state index in [-0.39, 0.29) is 24.0 Å². The number of halogens is 1. The van der Waals surface area contributed by atoms with Gasteiger partial charge in [0, 0.05) is 11.7 Å². The third-order valence-electron chi connectivity index (χ3n) is 4.81. The van der Waals surface area contributed by atoms with Crippen molar-refractivity contribution in [3.8, 4) is 6.01 Å². The maximum absolute atomic E-state index is 13.0. The maximum Gasteiger partial charge on any atom is 0.316 e. The third-order valence-corrected chi connectivity index (χ3v) is 6.43. The molecule has 10 heteroatoms. The van der Waals surface area contributed by atoms with Crippen LogP contribution in [0.2, 0.25) is 0 Å². The fourth-order valence-electron chi connectivity index (χ4n) is 2.92. The van der Waals surface area contributed by atoms with E-state index in [2.05, 4.69) is 58.2 Å². The van der Waals surface area contributed by atoms with Crippen molar-refractivity contribution in [3.63, 3.8) is 0 Å². The van der Waals surface area contributed by atoms with Crippen LogP contribution in [-0.2, 0) is 6.54 Å². The number of fused-ring (bicyclic) bond motifs is 1. The second kappa shape index (κ2) is 7.15. The summed E-state index contributed by atoms with van der Waals surface area (Å²) in [5.41, 5.74) is 1.53. The molecule has 3 aromatic rings. The Labute approximate surface area is 175 Å². The summed E-state index contributed by atoms with van der Waals surface area (Å²) >= 11 is 2.25. The van der Waals surface area contributed by atoms with Gasteiger partial charge < -0.3 is 14.5 Å². The highest BCUT2D eigenvalue weighted by Gasteiger charge is 2.44. The summed E-state index contributed by atoms with van der Waals surface area (Å²) in [6.07, 6.45) is 5.21. The first-order valence-corrected chi connectivity index (χ1v) is 9.73. The van der Waals surface area contributed by atoms with Crippen molar-refractivity contribution in [1.29, 1.82) is 0 Å². The van der Waals surface area contributed by atoms with Crippen LogP contribution in [0.4, 0.5) is 5.82 Å². The Morgan fingerprint density at radius 1 is 1.39 bits per heavy atom. The minimum absolute atomic E-state index is 0.0400. The SMILES string of the molecule is COc1nccc(CNC(=O)c2c(C)oc3ncnc(N(I)C4(C)CC4)c23)n1. The summed E-state index contributed by atoms with van der Waals surface area (Å²) in [4.78, 5) is 29.8. The molecule has 0 atom stereocenters. The highest BCUT2D eigenvalue weighted by atomic mass is 127. The Hall–Kier alpha value is -2.50. The Bertz CT molecular complexity index is 1050. The Morgan fingerprint density at radius 2 is 2.18 bits per heavy atom. The molecule has 1 saturated carbocycles. The van der Waals surface area contributed by atoms with Gasteiger partial charge in [-0.3, -0.25) is 7.91 Å². The van der Waals surface area contributed by atoms with Crippen LogP contribution in [0.3, 0.4) is 0 Å². The average Bonchev–Trinajstić information content (AvgIpc) is 3.36. The molecule has 0 radical (unpaired) electrons. The van der Waals surface area contributed by atoms with Gasteiger partial charge in [0.2, 0.25) is 5.71 Å². The number of nitrogens with zero attached hydrogens (tertiary/aromatic N) is 5. The van der Waals surface area contributed by atoms with E-state index in [9.17, 15) is 4.79 Å². The van der Waals surface area contributed by atoms with Crippen LogP contribution in [0.15, 0.2) is 23.0 Å². The van der Waals surface area contributed by atoms with Gasteiger partial charge in [0.25, 0.3) is 5.91 Å². The van der Waals surface area contributed by atoms with Crippen molar-refractivity contribution in [3.05, 3.63) is 35.6 Å². The molecule has 4 rings (SSSR count). The van der Waals surface area contributed by atoms with Crippen LogP contribution >= 0.6 is 22.9 Å². The molecule has 9 nitrogen and oxygen atoms in total. The molecule has 3 aromatic heterocycles. The number of hydrogen-bond donors (Lipinski definition) is 1. The van der Waals surface area contributed by atoms with E-state index < -0.39 is 0 Å². The number of nitrogens with one attached hydrogen (secondary N) is 1. The average molecular weight is 494 g/mol. The van der Waals surface area contributed by atoms with Gasteiger partial charge in [-0.1, -0.05) is 0 Å². The lowest BCUT2D eigenvalue weighted by Crippen LogP contribution is -2.27. The summed E-state index contributed by atoms with van der Waals surface area (Å²) in [6, 6.07) is 1.98. The second-order valence-electron chi connectivity index (χ2n) is 6.91. The lowest BCUT2D eigenvalue weighted by molar-refractivity contribution is 0.0950. The molecule has 3 heterocycles. The lowest BCUT2D eigenvalue weighted by Gasteiger charge is -2.23. The van der Waals surface area contributed by atoms with E-state index in [4.69, 9.17) is 9.15 Å². The molecule has 1 aliphatic rings. The van der Waals surface area contributed by atoms with Crippen molar-refractivity contribution < 1.29 is 13.9 Å². The standard InChI is InChI=1S/C18H19IN6O3/c1-10-12(15(26)21-8-11-4-7-20-17(24-11)27-3)13-14(22-9-23-16(13)28-10)25(19)18(2)5-6-18/h4,7,9H,5-6,8H2,1-3H3,(H,21,26). The second-order valence-corrected chi connectivity index (χ2v) is 7.87. The summed E-state index contributed by atoms with van der Waals surface area (Å²) in [6.45, 7) is 4.16. The van der Waals surface area contributed by atoms with E-state index in [1.165, 1.54) is 13.4 Å². The van der Waals surface area contributed by atoms with Gasteiger partial charge in [-0.15, -0.1) is 0 Å². The van der Waals surface area contributed by atoms with Gasteiger partial charge in [-0.25, -0.2) is 15.0 Å². The fraction of sp³-hybridized carbons (Fsp3) is 0.389. The first-order chi connectivity index (χ1) is 13.4. The summed E-state index contributed by atoms with van der Waals surface area (Å²) in [7, 11) is 1.50. The first-order valence-electron chi connectivity index (χ1n) is 8.77. The minimum atomic E-state index is -0.268. The predicted octanol–water partition coefficient (Wildman–Crippen LogP) is 2.97. The molecule has 0 saturated heterocycles. The number of aryl methyl sites for hydroxylation is 1. The Kier molecular flexibility index (Phi) is 4.81. The van der Waals surface area contributed by atoms with Crippen LogP contribution in [0.25, 0.3) is 11.1 Å². The van der Waals surface area contributed by atoms with Gasteiger partial charge in [0.15, 0.2) is 5.82 Å². The lowest BCUT2D eigenvalue weighted by atomic mass is 10.1. The fourth-order valence-corrected chi connectivity index (χ4v) is 3.76. The molecule has 1 N–H and O–H groups in total. The quantitative estimate of drug-likeness (QED) is 0.412. The molecule has 1 fully saturated rings. The molecule has 146 valence electrons. The van der Waals surface area contributed by atoms with Crippen molar-refractivity contribution in [2.45, 2.75) is 38.8 Å². The highest BCUT2D eigenvalue weighted by Crippen LogP contribution is 2.47. The third kappa shape index (κ3) is 3.36. The predicted molar refractivity (Wildman–Crippen MR) is 110 cm³/mol.